The monoisotopic (exact) mass is 387 g/mol. The Hall–Kier alpha value is -2.96. The zero-order valence-electron chi connectivity index (χ0n) is 15.1. The van der Waals surface area contributed by atoms with Gasteiger partial charge in [-0.3, -0.25) is 9.59 Å². The Labute approximate surface area is 160 Å². The number of likely N-dealkylation sites (tertiary alicyclic amines) is 1. The lowest BCUT2D eigenvalue weighted by Gasteiger charge is -2.32. The Bertz CT molecular complexity index is 923. The summed E-state index contributed by atoms with van der Waals surface area (Å²) in [4.78, 5) is 27.1. The number of benzene rings is 2. The molecule has 0 spiro atoms. The summed E-state index contributed by atoms with van der Waals surface area (Å²) in [6, 6.07) is 8.06. The average molecular weight is 387 g/mol. The van der Waals surface area contributed by atoms with Gasteiger partial charge in [-0.2, -0.15) is 0 Å². The zero-order chi connectivity index (χ0) is 19.7. The molecule has 0 radical (unpaired) electrons. The van der Waals surface area contributed by atoms with Crippen molar-refractivity contribution in [1.82, 2.24) is 4.90 Å². The molecule has 0 N–H and O–H groups in total. The zero-order valence-corrected chi connectivity index (χ0v) is 15.1. The molecule has 146 valence electrons. The van der Waals surface area contributed by atoms with E-state index in [9.17, 15) is 18.4 Å². The maximum Gasteiger partial charge on any atom is 0.257 e. The Balaban J connectivity index is 1.45. The predicted octanol–water partition coefficient (Wildman–Crippen LogP) is 3.47. The quantitative estimate of drug-likeness (QED) is 0.757. The summed E-state index contributed by atoms with van der Waals surface area (Å²) in [6.45, 7) is 1.54. The molecular weight excluding hydrogens is 368 g/mol. The standard InChI is InChI=1S/C21H19F2NO4/c22-14-4-5-17(23)16(12-14)19(25)13-6-8-24(9-7-13)21(26)15-2-1-3-18-20(15)28-11-10-27-18/h1-5,12-13H,6-11H2. The van der Waals surface area contributed by atoms with E-state index >= 15 is 0 Å². The van der Waals surface area contributed by atoms with Crippen LogP contribution in [0.2, 0.25) is 0 Å². The molecule has 2 aliphatic heterocycles. The molecule has 0 unspecified atom stereocenters. The van der Waals surface area contributed by atoms with Gasteiger partial charge in [0.1, 0.15) is 24.8 Å². The Morgan fingerprint density at radius 2 is 1.71 bits per heavy atom. The molecule has 2 aromatic rings. The highest BCUT2D eigenvalue weighted by Gasteiger charge is 2.31. The molecule has 4 rings (SSSR count). The predicted molar refractivity (Wildman–Crippen MR) is 96.7 cm³/mol. The summed E-state index contributed by atoms with van der Waals surface area (Å²) in [6.07, 6.45) is 0.791. The van der Waals surface area contributed by atoms with Crippen molar-refractivity contribution in [3.8, 4) is 11.5 Å². The number of nitrogens with zero attached hydrogens (tertiary/aromatic N) is 1. The fourth-order valence-corrected chi connectivity index (χ4v) is 3.66. The van der Waals surface area contributed by atoms with Crippen molar-refractivity contribution < 1.29 is 27.8 Å². The van der Waals surface area contributed by atoms with Gasteiger partial charge in [0.25, 0.3) is 5.91 Å². The first kappa shape index (κ1) is 18.4. The molecule has 0 aromatic heterocycles. The van der Waals surface area contributed by atoms with Crippen LogP contribution in [0.1, 0.15) is 33.6 Å². The number of hydrogen-bond acceptors (Lipinski definition) is 4. The van der Waals surface area contributed by atoms with Crippen LogP contribution in [-0.2, 0) is 0 Å². The van der Waals surface area contributed by atoms with E-state index < -0.39 is 23.3 Å². The third kappa shape index (κ3) is 3.44. The number of ketones is 1. The van der Waals surface area contributed by atoms with Crippen LogP contribution in [0.15, 0.2) is 36.4 Å². The summed E-state index contributed by atoms with van der Waals surface area (Å²) < 4.78 is 38.4. The van der Waals surface area contributed by atoms with Crippen LogP contribution >= 0.6 is 0 Å². The molecular formula is C21H19F2NO4. The van der Waals surface area contributed by atoms with Crippen molar-refractivity contribution in [2.24, 2.45) is 5.92 Å². The van der Waals surface area contributed by atoms with Gasteiger partial charge in [0.05, 0.1) is 11.1 Å². The van der Waals surface area contributed by atoms with E-state index in [4.69, 9.17) is 9.47 Å². The lowest BCUT2D eigenvalue weighted by atomic mass is 9.88. The van der Waals surface area contributed by atoms with E-state index in [1.807, 2.05) is 0 Å². The molecule has 0 saturated carbocycles. The summed E-state index contributed by atoms with van der Waals surface area (Å²) in [7, 11) is 0. The second-order valence-electron chi connectivity index (χ2n) is 6.88. The fraction of sp³-hybridized carbons (Fsp3) is 0.333. The summed E-state index contributed by atoms with van der Waals surface area (Å²) in [5.41, 5.74) is 0.200. The van der Waals surface area contributed by atoms with Gasteiger partial charge in [-0.15, -0.1) is 0 Å². The number of carbonyl (C=O) groups excluding carboxylic acids is 2. The van der Waals surface area contributed by atoms with E-state index in [-0.39, 0.29) is 11.5 Å². The Kier molecular flexibility index (Phi) is 4.98. The van der Waals surface area contributed by atoms with Crippen molar-refractivity contribution in [3.63, 3.8) is 0 Å². The summed E-state index contributed by atoms with van der Waals surface area (Å²) in [5, 5.41) is 0. The molecule has 1 saturated heterocycles. The van der Waals surface area contributed by atoms with Crippen LogP contribution in [0.3, 0.4) is 0 Å². The third-order valence-electron chi connectivity index (χ3n) is 5.14. The second kappa shape index (κ2) is 7.58. The van der Waals surface area contributed by atoms with Crippen molar-refractivity contribution in [2.75, 3.05) is 26.3 Å². The first-order valence-corrected chi connectivity index (χ1v) is 9.22. The minimum atomic E-state index is -0.724. The SMILES string of the molecule is O=C(c1cc(F)ccc1F)C1CCN(C(=O)c2cccc3c2OCCO3)CC1. The fourth-order valence-electron chi connectivity index (χ4n) is 3.66. The number of ether oxygens (including phenoxy) is 2. The Morgan fingerprint density at radius 3 is 2.50 bits per heavy atom. The first-order valence-electron chi connectivity index (χ1n) is 9.22. The normalized spacial score (nSPS) is 16.7. The number of fused-ring (bicyclic) bond motifs is 1. The maximum absolute atomic E-state index is 13.9. The van der Waals surface area contributed by atoms with E-state index in [1.54, 1.807) is 23.1 Å². The summed E-state index contributed by atoms with van der Waals surface area (Å²) >= 11 is 0. The van der Waals surface area contributed by atoms with Gasteiger partial charge in [0.2, 0.25) is 0 Å². The number of amides is 1. The van der Waals surface area contributed by atoms with Gasteiger partial charge in [-0.1, -0.05) is 6.07 Å². The van der Waals surface area contributed by atoms with Crippen LogP contribution in [0.25, 0.3) is 0 Å². The number of hydrogen-bond donors (Lipinski definition) is 0. The number of carbonyl (C=O) groups is 2. The smallest absolute Gasteiger partial charge is 0.257 e. The molecule has 0 aliphatic carbocycles. The van der Waals surface area contributed by atoms with E-state index in [1.165, 1.54) is 0 Å². The van der Waals surface area contributed by atoms with E-state index in [2.05, 4.69) is 0 Å². The largest absolute Gasteiger partial charge is 0.486 e. The van der Waals surface area contributed by atoms with Crippen LogP contribution in [0.4, 0.5) is 8.78 Å². The second-order valence-corrected chi connectivity index (χ2v) is 6.88. The van der Waals surface area contributed by atoms with Crippen LogP contribution < -0.4 is 9.47 Å². The van der Waals surface area contributed by atoms with Gasteiger partial charge in [0, 0.05) is 19.0 Å². The molecule has 5 nitrogen and oxygen atoms in total. The number of Topliss-reactive ketones (excluding diaryl/α,β-unsaturated/α-hetero) is 1. The lowest BCUT2D eigenvalue weighted by Crippen LogP contribution is -2.40. The van der Waals surface area contributed by atoms with Crippen molar-refractivity contribution in [3.05, 3.63) is 59.2 Å². The maximum atomic E-state index is 13.9. The molecule has 7 heteroatoms. The minimum absolute atomic E-state index is 0.190. The first-order chi connectivity index (χ1) is 13.5. The van der Waals surface area contributed by atoms with Crippen molar-refractivity contribution in [1.29, 1.82) is 0 Å². The number of piperidine rings is 1. The van der Waals surface area contributed by atoms with E-state index in [0.29, 0.717) is 56.2 Å². The van der Waals surface area contributed by atoms with Gasteiger partial charge in [-0.25, -0.2) is 8.78 Å². The highest BCUT2D eigenvalue weighted by Crippen LogP contribution is 2.35. The number of halogens is 2. The number of rotatable bonds is 3. The molecule has 1 amide bonds. The van der Waals surface area contributed by atoms with E-state index in [0.717, 1.165) is 18.2 Å². The molecule has 28 heavy (non-hydrogen) atoms. The molecule has 0 bridgehead atoms. The topological polar surface area (TPSA) is 55.8 Å². The molecule has 1 fully saturated rings. The van der Waals surface area contributed by atoms with Gasteiger partial charge in [0.15, 0.2) is 17.3 Å². The van der Waals surface area contributed by atoms with Gasteiger partial charge >= 0.3 is 0 Å². The summed E-state index contributed by atoms with van der Waals surface area (Å²) in [5.74, 6) is -1.43. The molecule has 0 atom stereocenters. The van der Waals surface area contributed by atoms with Crippen LogP contribution in [-0.4, -0.2) is 42.9 Å². The van der Waals surface area contributed by atoms with Crippen molar-refractivity contribution in [2.45, 2.75) is 12.8 Å². The highest BCUT2D eigenvalue weighted by atomic mass is 19.1. The third-order valence-corrected chi connectivity index (χ3v) is 5.14. The van der Waals surface area contributed by atoms with Gasteiger partial charge in [-0.05, 0) is 43.2 Å². The van der Waals surface area contributed by atoms with Crippen LogP contribution in [0, 0.1) is 17.6 Å². The van der Waals surface area contributed by atoms with Crippen LogP contribution in [0.5, 0.6) is 11.5 Å². The minimum Gasteiger partial charge on any atom is -0.486 e. The number of para-hydroxylation sites is 1. The van der Waals surface area contributed by atoms with Gasteiger partial charge < -0.3 is 14.4 Å². The highest BCUT2D eigenvalue weighted by molar-refractivity contribution is 5.99. The average Bonchev–Trinajstić information content (AvgIpc) is 2.74. The lowest BCUT2D eigenvalue weighted by molar-refractivity contribution is 0.0641. The molecule has 2 heterocycles. The van der Waals surface area contributed by atoms with Crippen molar-refractivity contribution >= 4 is 11.7 Å². The Morgan fingerprint density at radius 1 is 0.964 bits per heavy atom. The molecule has 2 aromatic carbocycles. The molecule has 2 aliphatic rings.